The number of rotatable bonds is 0. The Kier molecular flexibility index (Phi) is 3.88. The molecular weight excluding hydrogens is 346 g/mol. The molecule has 4 aromatic rings. The molecule has 3 heterocycles. The van der Waals surface area contributed by atoms with E-state index in [9.17, 15) is 5.26 Å². The molecule has 0 amide bonds. The second-order valence-electron chi connectivity index (χ2n) is 6.82. The van der Waals surface area contributed by atoms with Crippen LogP contribution in [0.1, 0.15) is 16.8 Å². The van der Waals surface area contributed by atoms with Crippen LogP contribution in [0, 0.1) is 11.3 Å². The van der Waals surface area contributed by atoms with E-state index in [0.717, 1.165) is 40.9 Å². The van der Waals surface area contributed by atoms with Gasteiger partial charge < -0.3 is 5.32 Å². The van der Waals surface area contributed by atoms with Gasteiger partial charge in [0.05, 0.1) is 5.56 Å². The fourth-order valence-electron chi connectivity index (χ4n) is 3.79. The van der Waals surface area contributed by atoms with Crippen LogP contribution in [0.15, 0.2) is 66.9 Å². The molecule has 0 atom stereocenters. The van der Waals surface area contributed by atoms with Gasteiger partial charge in [-0.2, -0.15) is 10.4 Å². The van der Waals surface area contributed by atoms with E-state index in [0.29, 0.717) is 11.5 Å². The minimum atomic E-state index is 0.439. The first-order chi connectivity index (χ1) is 13.8. The Morgan fingerprint density at radius 1 is 0.893 bits per heavy atom. The van der Waals surface area contributed by atoms with Gasteiger partial charge in [0.1, 0.15) is 17.6 Å². The fourth-order valence-corrected chi connectivity index (χ4v) is 3.79. The van der Waals surface area contributed by atoms with E-state index in [4.69, 9.17) is 0 Å². The van der Waals surface area contributed by atoms with Crippen molar-refractivity contribution in [1.29, 1.82) is 5.26 Å². The molecule has 134 valence electrons. The number of H-pyrrole nitrogens is 1. The van der Waals surface area contributed by atoms with E-state index >= 15 is 0 Å². The molecule has 0 spiro atoms. The lowest BCUT2D eigenvalue weighted by molar-refractivity contribution is 0.962. The van der Waals surface area contributed by atoms with Crippen LogP contribution < -0.4 is 5.32 Å². The normalized spacial score (nSPS) is 12.2. The molecular formula is C23H17N5. The molecule has 28 heavy (non-hydrogen) atoms. The van der Waals surface area contributed by atoms with Gasteiger partial charge in [-0.3, -0.25) is 5.10 Å². The van der Waals surface area contributed by atoms with E-state index in [1.54, 1.807) is 6.20 Å². The molecule has 0 unspecified atom stereocenters. The molecule has 1 aliphatic heterocycles. The number of hydrogen-bond donors (Lipinski definition) is 2. The van der Waals surface area contributed by atoms with Crippen molar-refractivity contribution in [3.8, 4) is 28.3 Å². The summed E-state index contributed by atoms with van der Waals surface area (Å²) in [6.07, 6.45) is 3.61. The molecule has 2 N–H and O–H groups in total. The molecule has 2 aromatic heterocycles. The quantitative estimate of drug-likeness (QED) is 0.468. The van der Waals surface area contributed by atoms with Crippen molar-refractivity contribution < 1.29 is 0 Å². The van der Waals surface area contributed by atoms with E-state index in [-0.39, 0.29) is 0 Å². The van der Waals surface area contributed by atoms with Crippen LogP contribution in [0.3, 0.4) is 0 Å². The molecule has 0 saturated heterocycles. The maximum atomic E-state index is 9.56. The van der Waals surface area contributed by atoms with Gasteiger partial charge in [0.2, 0.25) is 0 Å². The van der Waals surface area contributed by atoms with Gasteiger partial charge >= 0.3 is 0 Å². The number of nitrogens with one attached hydrogen (secondary N) is 2. The maximum Gasteiger partial charge on any atom is 0.162 e. The first-order valence-corrected chi connectivity index (χ1v) is 9.21. The number of nitrogens with zero attached hydrogens (tertiary/aromatic N) is 3. The standard InChI is InChI=1S/C23H17N5/c24-14-20-21-17-7-3-5-15(13-17)10-11-16-6-1-2-8-18(16)19-9-4-12-25-22(19)26-23(21)28-27-20/h1-9,12-13H,10-11H2,(H2,25,26,27,28). The van der Waals surface area contributed by atoms with Crippen LogP contribution >= 0.6 is 0 Å². The zero-order valence-corrected chi connectivity index (χ0v) is 15.1. The van der Waals surface area contributed by atoms with Crippen molar-refractivity contribution in [2.45, 2.75) is 12.8 Å². The largest absolute Gasteiger partial charge is 0.322 e. The van der Waals surface area contributed by atoms with Crippen molar-refractivity contribution in [1.82, 2.24) is 15.2 Å². The van der Waals surface area contributed by atoms with Crippen LogP contribution in [0.25, 0.3) is 22.3 Å². The zero-order valence-electron chi connectivity index (χ0n) is 15.1. The Morgan fingerprint density at radius 2 is 1.79 bits per heavy atom. The van der Waals surface area contributed by atoms with Gasteiger partial charge in [-0.15, -0.1) is 0 Å². The second kappa shape index (κ2) is 6.67. The number of anilines is 2. The number of nitriles is 1. The second-order valence-corrected chi connectivity index (χ2v) is 6.82. The summed E-state index contributed by atoms with van der Waals surface area (Å²) >= 11 is 0. The lowest BCUT2D eigenvalue weighted by Crippen LogP contribution is -2.02. The summed E-state index contributed by atoms with van der Waals surface area (Å²) in [6, 6.07) is 23.0. The van der Waals surface area contributed by atoms with E-state index in [1.807, 2.05) is 18.2 Å². The SMILES string of the molecule is N#Cc1[nH]nc2c1-c1cccc(c1)CCc1ccccc1-c1cccnc1N2. The van der Waals surface area contributed by atoms with Gasteiger partial charge in [-0.25, -0.2) is 4.98 Å². The van der Waals surface area contributed by atoms with Gasteiger partial charge in [-0.05, 0) is 47.2 Å². The van der Waals surface area contributed by atoms with E-state index < -0.39 is 0 Å². The number of hydrogen-bond acceptors (Lipinski definition) is 4. The highest BCUT2D eigenvalue weighted by atomic mass is 15.2. The first-order valence-electron chi connectivity index (χ1n) is 9.21. The van der Waals surface area contributed by atoms with Crippen molar-refractivity contribution in [2.75, 3.05) is 5.32 Å². The van der Waals surface area contributed by atoms with Gasteiger partial charge in [-0.1, -0.05) is 48.5 Å². The van der Waals surface area contributed by atoms with Crippen LogP contribution in [-0.4, -0.2) is 15.2 Å². The van der Waals surface area contributed by atoms with Crippen molar-refractivity contribution in [3.63, 3.8) is 0 Å². The Labute approximate surface area is 162 Å². The molecule has 0 saturated carbocycles. The average Bonchev–Trinajstić information content (AvgIpc) is 3.15. The molecule has 0 aliphatic carbocycles. The van der Waals surface area contributed by atoms with Crippen LogP contribution in [0.2, 0.25) is 0 Å². The first kappa shape index (κ1) is 16.3. The molecule has 5 rings (SSSR count). The number of aromatic nitrogens is 3. The van der Waals surface area contributed by atoms with Crippen molar-refractivity contribution in [2.24, 2.45) is 0 Å². The third-order valence-corrected chi connectivity index (χ3v) is 5.13. The number of fused-ring (bicyclic) bond motifs is 7. The summed E-state index contributed by atoms with van der Waals surface area (Å²) in [5.41, 5.74) is 6.88. The summed E-state index contributed by atoms with van der Waals surface area (Å²) in [5.74, 6) is 1.33. The summed E-state index contributed by atoms with van der Waals surface area (Å²) in [6.45, 7) is 0. The molecule has 2 aromatic carbocycles. The molecule has 5 nitrogen and oxygen atoms in total. The molecule has 5 heteroatoms. The third kappa shape index (κ3) is 2.72. The Bertz CT molecular complexity index is 1220. The number of aryl methyl sites for hydroxylation is 2. The molecule has 2 bridgehead atoms. The highest BCUT2D eigenvalue weighted by Crippen LogP contribution is 2.36. The molecule has 0 radical (unpaired) electrons. The van der Waals surface area contributed by atoms with E-state index in [2.05, 4.69) is 69.0 Å². The summed E-state index contributed by atoms with van der Waals surface area (Å²) < 4.78 is 0. The predicted octanol–water partition coefficient (Wildman–Crippen LogP) is 4.85. The zero-order chi connectivity index (χ0) is 18.9. The van der Waals surface area contributed by atoms with Crippen LogP contribution in [0.4, 0.5) is 11.6 Å². The van der Waals surface area contributed by atoms with Gasteiger partial charge in [0, 0.05) is 11.8 Å². The monoisotopic (exact) mass is 363 g/mol. The minimum Gasteiger partial charge on any atom is -0.322 e. The lowest BCUT2D eigenvalue weighted by atomic mass is 9.93. The summed E-state index contributed by atoms with van der Waals surface area (Å²) in [7, 11) is 0. The Balaban J connectivity index is 1.78. The third-order valence-electron chi connectivity index (χ3n) is 5.13. The minimum absolute atomic E-state index is 0.439. The number of aromatic amines is 1. The number of pyridine rings is 1. The summed E-state index contributed by atoms with van der Waals surface area (Å²) in [4.78, 5) is 4.56. The van der Waals surface area contributed by atoms with Gasteiger partial charge in [0.25, 0.3) is 0 Å². The highest BCUT2D eigenvalue weighted by molar-refractivity contribution is 5.86. The van der Waals surface area contributed by atoms with E-state index in [1.165, 1.54) is 11.1 Å². The average molecular weight is 363 g/mol. The Morgan fingerprint density at radius 3 is 2.71 bits per heavy atom. The number of benzene rings is 2. The topological polar surface area (TPSA) is 77.4 Å². The maximum absolute atomic E-state index is 9.56. The summed E-state index contributed by atoms with van der Waals surface area (Å²) in [5, 5.41) is 20.1. The van der Waals surface area contributed by atoms with Crippen LogP contribution in [-0.2, 0) is 12.8 Å². The van der Waals surface area contributed by atoms with Gasteiger partial charge in [0.15, 0.2) is 5.82 Å². The van der Waals surface area contributed by atoms with Crippen molar-refractivity contribution in [3.05, 3.63) is 83.7 Å². The van der Waals surface area contributed by atoms with Crippen LogP contribution in [0.5, 0.6) is 0 Å². The highest BCUT2D eigenvalue weighted by Gasteiger charge is 2.19. The molecule has 0 fully saturated rings. The lowest BCUT2D eigenvalue weighted by Gasteiger charge is -2.16. The van der Waals surface area contributed by atoms with Crippen molar-refractivity contribution >= 4 is 11.6 Å². The fraction of sp³-hybridized carbons (Fsp3) is 0.0870. The Hall–Kier alpha value is -3.91. The smallest absolute Gasteiger partial charge is 0.162 e. The predicted molar refractivity (Wildman–Crippen MR) is 109 cm³/mol. The molecule has 1 aliphatic rings.